The van der Waals surface area contributed by atoms with Crippen molar-refractivity contribution in [3.05, 3.63) is 29.8 Å². The highest BCUT2D eigenvalue weighted by Crippen LogP contribution is 2.25. The van der Waals surface area contributed by atoms with Crippen LogP contribution in [0, 0.1) is 0 Å². The van der Waals surface area contributed by atoms with Gasteiger partial charge in [-0.2, -0.15) is 0 Å². The van der Waals surface area contributed by atoms with Crippen molar-refractivity contribution < 1.29 is 4.79 Å². The van der Waals surface area contributed by atoms with Gasteiger partial charge < -0.3 is 10.2 Å². The molecule has 0 heterocycles. The maximum Gasteiger partial charge on any atom is 0.219 e. The molecule has 0 aliphatic heterocycles. The van der Waals surface area contributed by atoms with Gasteiger partial charge in [0.2, 0.25) is 5.91 Å². The van der Waals surface area contributed by atoms with Crippen LogP contribution in [0.15, 0.2) is 24.3 Å². The molecule has 0 atom stereocenters. The third-order valence-electron chi connectivity index (χ3n) is 2.83. The number of anilines is 1. The van der Waals surface area contributed by atoms with E-state index in [2.05, 4.69) is 23.5 Å². The van der Waals surface area contributed by atoms with Crippen molar-refractivity contribution in [3.8, 4) is 0 Å². The lowest BCUT2D eigenvalue weighted by Gasteiger charge is -2.15. The average molecular weight is 218 g/mol. The van der Waals surface area contributed by atoms with E-state index in [0.717, 1.165) is 5.69 Å². The van der Waals surface area contributed by atoms with E-state index in [-0.39, 0.29) is 5.91 Å². The van der Waals surface area contributed by atoms with Crippen LogP contribution in [0.3, 0.4) is 0 Å². The minimum atomic E-state index is 0.0977. The van der Waals surface area contributed by atoms with E-state index >= 15 is 0 Å². The normalized spacial score (nSPS) is 14.6. The van der Waals surface area contributed by atoms with Gasteiger partial charge in [0.05, 0.1) is 0 Å². The summed E-state index contributed by atoms with van der Waals surface area (Å²) in [5, 5.41) is 3.46. The number of carbonyl (C=O) groups is 1. The zero-order valence-corrected chi connectivity index (χ0v) is 9.86. The first-order valence-corrected chi connectivity index (χ1v) is 5.72. The van der Waals surface area contributed by atoms with Crippen LogP contribution < -0.4 is 5.32 Å². The molecule has 1 fully saturated rings. The van der Waals surface area contributed by atoms with E-state index in [1.165, 1.54) is 18.4 Å². The fraction of sp³-hybridized carbons (Fsp3) is 0.462. The number of carbonyl (C=O) groups excluding carboxylic acids is 1. The monoisotopic (exact) mass is 218 g/mol. The molecular formula is C13H18N2O. The summed E-state index contributed by atoms with van der Waals surface area (Å²) in [5.41, 5.74) is 2.33. The molecule has 0 spiro atoms. The van der Waals surface area contributed by atoms with Crippen molar-refractivity contribution in [2.24, 2.45) is 0 Å². The first-order valence-electron chi connectivity index (χ1n) is 5.72. The van der Waals surface area contributed by atoms with Gasteiger partial charge >= 0.3 is 0 Å². The Morgan fingerprint density at radius 3 is 2.88 bits per heavy atom. The highest BCUT2D eigenvalue weighted by Gasteiger charge is 2.20. The minimum absolute atomic E-state index is 0.0977. The summed E-state index contributed by atoms with van der Waals surface area (Å²) >= 11 is 0. The van der Waals surface area contributed by atoms with Crippen molar-refractivity contribution in [2.45, 2.75) is 32.4 Å². The standard InChI is InChI=1S/C13H18N2O/c1-10(16)15(2)9-11-4-3-5-13(8-11)14-12-6-7-12/h3-5,8,12,14H,6-7,9H2,1-2H3. The largest absolute Gasteiger partial charge is 0.382 e. The fourth-order valence-corrected chi connectivity index (χ4v) is 1.61. The number of nitrogens with one attached hydrogen (secondary N) is 1. The van der Waals surface area contributed by atoms with Crippen molar-refractivity contribution in [2.75, 3.05) is 12.4 Å². The quantitative estimate of drug-likeness (QED) is 0.840. The summed E-state index contributed by atoms with van der Waals surface area (Å²) < 4.78 is 0. The molecule has 3 nitrogen and oxygen atoms in total. The van der Waals surface area contributed by atoms with Gasteiger partial charge in [0, 0.05) is 32.2 Å². The smallest absolute Gasteiger partial charge is 0.219 e. The Labute approximate surface area is 96.5 Å². The molecule has 16 heavy (non-hydrogen) atoms. The molecule has 0 saturated heterocycles. The molecule has 1 amide bonds. The fourth-order valence-electron chi connectivity index (χ4n) is 1.61. The van der Waals surface area contributed by atoms with E-state index in [4.69, 9.17) is 0 Å². The van der Waals surface area contributed by atoms with Crippen LogP contribution in [0.5, 0.6) is 0 Å². The predicted molar refractivity (Wildman–Crippen MR) is 65.2 cm³/mol. The molecule has 1 N–H and O–H groups in total. The third kappa shape index (κ3) is 2.99. The van der Waals surface area contributed by atoms with E-state index in [9.17, 15) is 4.79 Å². The number of amides is 1. The minimum Gasteiger partial charge on any atom is -0.382 e. The third-order valence-corrected chi connectivity index (χ3v) is 2.83. The predicted octanol–water partition coefficient (Wildman–Crippen LogP) is 2.24. The summed E-state index contributed by atoms with van der Waals surface area (Å²) in [6.45, 7) is 2.27. The first-order chi connectivity index (χ1) is 7.65. The second-order valence-corrected chi connectivity index (χ2v) is 4.49. The van der Waals surface area contributed by atoms with Crippen molar-refractivity contribution in [1.29, 1.82) is 0 Å². The number of benzene rings is 1. The van der Waals surface area contributed by atoms with Crippen molar-refractivity contribution >= 4 is 11.6 Å². The maximum atomic E-state index is 11.1. The molecule has 1 aliphatic carbocycles. The molecule has 3 heteroatoms. The van der Waals surface area contributed by atoms with Gasteiger partial charge in [-0.3, -0.25) is 4.79 Å². The molecule has 86 valence electrons. The van der Waals surface area contributed by atoms with Crippen LogP contribution in [0.25, 0.3) is 0 Å². The molecule has 2 rings (SSSR count). The summed E-state index contributed by atoms with van der Waals surface area (Å²) in [6, 6.07) is 8.96. The molecule has 1 aromatic rings. The van der Waals surface area contributed by atoms with Crippen LogP contribution >= 0.6 is 0 Å². The molecule has 0 aromatic heterocycles. The van der Waals surface area contributed by atoms with Gasteiger partial charge in [-0.05, 0) is 30.5 Å². The molecular weight excluding hydrogens is 200 g/mol. The summed E-state index contributed by atoms with van der Waals surface area (Å²) in [7, 11) is 1.82. The first kappa shape index (κ1) is 11.0. The van der Waals surface area contributed by atoms with Crippen LogP contribution in [0.4, 0.5) is 5.69 Å². The zero-order valence-electron chi connectivity index (χ0n) is 9.86. The van der Waals surface area contributed by atoms with E-state index in [1.807, 2.05) is 13.1 Å². The van der Waals surface area contributed by atoms with Gasteiger partial charge in [-0.15, -0.1) is 0 Å². The second kappa shape index (κ2) is 4.56. The molecule has 1 aliphatic rings. The Morgan fingerprint density at radius 1 is 1.50 bits per heavy atom. The summed E-state index contributed by atoms with van der Waals surface area (Å²) in [4.78, 5) is 12.8. The van der Waals surface area contributed by atoms with Gasteiger partial charge in [-0.25, -0.2) is 0 Å². The number of nitrogens with zero attached hydrogens (tertiary/aromatic N) is 1. The Kier molecular flexibility index (Phi) is 3.13. The van der Waals surface area contributed by atoms with E-state index in [1.54, 1.807) is 11.8 Å². The number of rotatable bonds is 4. The van der Waals surface area contributed by atoms with Crippen LogP contribution in [0.1, 0.15) is 25.3 Å². The molecule has 1 aromatic carbocycles. The molecule has 0 bridgehead atoms. The zero-order chi connectivity index (χ0) is 11.5. The number of hydrogen-bond acceptors (Lipinski definition) is 2. The second-order valence-electron chi connectivity index (χ2n) is 4.49. The summed E-state index contributed by atoms with van der Waals surface area (Å²) in [5.74, 6) is 0.0977. The van der Waals surface area contributed by atoms with Gasteiger partial charge in [0.1, 0.15) is 0 Å². The van der Waals surface area contributed by atoms with Crippen LogP contribution in [-0.4, -0.2) is 23.9 Å². The van der Waals surface area contributed by atoms with E-state index < -0.39 is 0 Å². The van der Waals surface area contributed by atoms with Crippen molar-refractivity contribution in [3.63, 3.8) is 0 Å². The lowest BCUT2D eigenvalue weighted by atomic mass is 10.2. The molecule has 0 radical (unpaired) electrons. The molecule has 0 unspecified atom stereocenters. The lowest BCUT2D eigenvalue weighted by Crippen LogP contribution is -2.23. The van der Waals surface area contributed by atoms with Gasteiger partial charge in [0.25, 0.3) is 0 Å². The lowest BCUT2D eigenvalue weighted by molar-refractivity contribution is -0.128. The highest BCUT2D eigenvalue weighted by molar-refractivity contribution is 5.72. The SMILES string of the molecule is CC(=O)N(C)Cc1cccc(NC2CC2)c1. The van der Waals surface area contributed by atoms with Crippen molar-refractivity contribution in [1.82, 2.24) is 4.90 Å². The Balaban J connectivity index is 2.00. The summed E-state index contributed by atoms with van der Waals surface area (Å²) in [6.07, 6.45) is 2.55. The van der Waals surface area contributed by atoms with Crippen LogP contribution in [-0.2, 0) is 11.3 Å². The van der Waals surface area contributed by atoms with Gasteiger partial charge in [-0.1, -0.05) is 12.1 Å². The molecule has 1 saturated carbocycles. The van der Waals surface area contributed by atoms with E-state index in [0.29, 0.717) is 12.6 Å². The van der Waals surface area contributed by atoms with Gasteiger partial charge in [0.15, 0.2) is 0 Å². The Bertz CT molecular complexity index is 385. The number of hydrogen-bond donors (Lipinski definition) is 1. The maximum absolute atomic E-state index is 11.1. The topological polar surface area (TPSA) is 32.3 Å². The Hall–Kier alpha value is -1.51. The van der Waals surface area contributed by atoms with Crippen LogP contribution in [0.2, 0.25) is 0 Å². The highest BCUT2D eigenvalue weighted by atomic mass is 16.2. The Morgan fingerprint density at radius 2 is 2.25 bits per heavy atom. The average Bonchev–Trinajstić information content (AvgIpc) is 3.02.